The van der Waals surface area contributed by atoms with Gasteiger partial charge in [0.1, 0.15) is 11.2 Å². The van der Waals surface area contributed by atoms with E-state index in [1.165, 1.54) is 6.07 Å². The number of nitrogens with one attached hydrogen (secondary N) is 1. The molecule has 1 saturated heterocycles. The summed E-state index contributed by atoms with van der Waals surface area (Å²) in [5.41, 5.74) is -0.878. The fourth-order valence-electron chi connectivity index (χ4n) is 2.16. The molecule has 0 bridgehead atoms. The number of amides is 1. The zero-order valence-corrected chi connectivity index (χ0v) is 11.1. The van der Waals surface area contributed by atoms with E-state index in [2.05, 4.69) is 5.32 Å². The molecule has 1 atom stereocenters. The van der Waals surface area contributed by atoms with E-state index in [9.17, 15) is 20.0 Å². The Morgan fingerprint density at radius 3 is 2.95 bits per heavy atom. The van der Waals surface area contributed by atoms with E-state index in [-0.39, 0.29) is 24.4 Å². The number of nitro benzene ring substituents is 1. The number of nitrogens with zero attached hydrogens (tertiary/aromatic N) is 1. The summed E-state index contributed by atoms with van der Waals surface area (Å²) in [5, 5.41) is 23.6. The van der Waals surface area contributed by atoms with Crippen LogP contribution in [0.25, 0.3) is 0 Å². The van der Waals surface area contributed by atoms with Crippen molar-refractivity contribution >= 4 is 11.6 Å². The number of rotatable bonds is 4. The molecule has 0 spiro atoms. The summed E-state index contributed by atoms with van der Waals surface area (Å²) in [6, 6.07) is 4.56. The number of para-hydroxylation sites is 1. The standard InChI is InChI=1S/C13H16N2O5/c1-9-3-2-4-10(11(9)15(18)19)12(16)14-7-13(17)5-6-20-8-13/h2-4,17H,5-8H2,1H3,(H,14,16). The van der Waals surface area contributed by atoms with Crippen LogP contribution >= 0.6 is 0 Å². The number of carbonyl (C=O) groups excluding carboxylic acids is 1. The highest BCUT2D eigenvalue weighted by Crippen LogP contribution is 2.23. The Labute approximate surface area is 115 Å². The molecule has 7 nitrogen and oxygen atoms in total. The molecular formula is C13H16N2O5. The van der Waals surface area contributed by atoms with Crippen LogP contribution < -0.4 is 5.32 Å². The van der Waals surface area contributed by atoms with Gasteiger partial charge in [0.2, 0.25) is 0 Å². The second-order valence-corrected chi connectivity index (χ2v) is 4.94. The van der Waals surface area contributed by atoms with E-state index >= 15 is 0 Å². The quantitative estimate of drug-likeness (QED) is 0.627. The smallest absolute Gasteiger partial charge is 0.285 e. The Morgan fingerprint density at radius 2 is 2.35 bits per heavy atom. The van der Waals surface area contributed by atoms with E-state index in [0.717, 1.165) is 0 Å². The summed E-state index contributed by atoms with van der Waals surface area (Å²) >= 11 is 0. The number of ether oxygens (including phenoxy) is 1. The second-order valence-electron chi connectivity index (χ2n) is 4.94. The average Bonchev–Trinajstić information content (AvgIpc) is 2.82. The lowest BCUT2D eigenvalue weighted by Gasteiger charge is -2.20. The molecule has 1 aliphatic heterocycles. The van der Waals surface area contributed by atoms with Crippen LogP contribution in [0.5, 0.6) is 0 Å². The van der Waals surface area contributed by atoms with Crippen molar-refractivity contribution < 1.29 is 19.6 Å². The van der Waals surface area contributed by atoms with Crippen molar-refractivity contribution in [1.29, 1.82) is 0 Å². The van der Waals surface area contributed by atoms with Crippen LogP contribution in [0.2, 0.25) is 0 Å². The molecular weight excluding hydrogens is 264 g/mol. The summed E-state index contributed by atoms with van der Waals surface area (Å²) in [5.74, 6) is -0.569. The first-order valence-electron chi connectivity index (χ1n) is 6.25. The van der Waals surface area contributed by atoms with E-state index in [1.54, 1.807) is 19.1 Å². The predicted molar refractivity (Wildman–Crippen MR) is 70.6 cm³/mol. The first-order chi connectivity index (χ1) is 9.43. The minimum atomic E-state index is -1.09. The van der Waals surface area contributed by atoms with E-state index < -0.39 is 16.4 Å². The van der Waals surface area contributed by atoms with Gasteiger partial charge in [-0.15, -0.1) is 0 Å². The molecule has 1 aromatic carbocycles. The molecule has 108 valence electrons. The number of benzene rings is 1. The fourth-order valence-corrected chi connectivity index (χ4v) is 2.16. The number of hydrogen-bond donors (Lipinski definition) is 2. The third kappa shape index (κ3) is 2.94. The Balaban J connectivity index is 2.13. The highest BCUT2D eigenvalue weighted by atomic mass is 16.6. The van der Waals surface area contributed by atoms with Gasteiger partial charge in [-0.3, -0.25) is 14.9 Å². The number of aryl methyl sites for hydroxylation is 1. The molecule has 1 unspecified atom stereocenters. The van der Waals surface area contributed by atoms with Gasteiger partial charge in [0.05, 0.1) is 11.5 Å². The lowest BCUT2D eigenvalue weighted by Crippen LogP contribution is -2.43. The van der Waals surface area contributed by atoms with Gasteiger partial charge in [0.25, 0.3) is 11.6 Å². The van der Waals surface area contributed by atoms with Crippen LogP contribution in [0.4, 0.5) is 5.69 Å². The van der Waals surface area contributed by atoms with Crippen molar-refractivity contribution in [2.75, 3.05) is 19.8 Å². The molecule has 1 aromatic rings. The van der Waals surface area contributed by atoms with Crippen molar-refractivity contribution in [2.45, 2.75) is 18.9 Å². The summed E-state index contributed by atoms with van der Waals surface area (Å²) in [7, 11) is 0. The molecule has 2 N–H and O–H groups in total. The summed E-state index contributed by atoms with van der Waals surface area (Å²) in [4.78, 5) is 22.5. The maximum Gasteiger partial charge on any atom is 0.285 e. The van der Waals surface area contributed by atoms with Crippen molar-refractivity contribution in [3.8, 4) is 0 Å². The van der Waals surface area contributed by atoms with Crippen LogP contribution in [-0.4, -0.2) is 41.3 Å². The van der Waals surface area contributed by atoms with Crippen molar-refractivity contribution in [3.05, 3.63) is 39.4 Å². The molecule has 1 heterocycles. The summed E-state index contributed by atoms with van der Waals surface area (Å²) < 4.78 is 5.07. The van der Waals surface area contributed by atoms with Gasteiger partial charge in [-0.25, -0.2) is 0 Å². The van der Waals surface area contributed by atoms with Gasteiger partial charge in [-0.1, -0.05) is 12.1 Å². The normalized spacial score (nSPS) is 21.7. The topological polar surface area (TPSA) is 102 Å². The van der Waals surface area contributed by atoms with E-state index in [0.29, 0.717) is 18.6 Å². The molecule has 7 heteroatoms. The maximum absolute atomic E-state index is 12.1. The molecule has 0 radical (unpaired) electrons. The molecule has 0 aliphatic carbocycles. The number of nitro groups is 1. The number of carbonyl (C=O) groups is 1. The molecule has 0 aromatic heterocycles. The monoisotopic (exact) mass is 280 g/mol. The third-order valence-corrected chi connectivity index (χ3v) is 3.33. The average molecular weight is 280 g/mol. The molecule has 20 heavy (non-hydrogen) atoms. The number of aliphatic hydroxyl groups is 1. The first kappa shape index (κ1) is 14.4. The van der Waals surface area contributed by atoms with Crippen molar-refractivity contribution in [2.24, 2.45) is 0 Å². The van der Waals surface area contributed by atoms with Crippen molar-refractivity contribution in [1.82, 2.24) is 5.32 Å². The van der Waals surface area contributed by atoms with Gasteiger partial charge in [-0.2, -0.15) is 0 Å². The maximum atomic E-state index is 12.1. The zero-order chi connectivity index (χ0) is 14.8. The molecule has 1 amide bonds. The van der Waals surface area contributed by atoms with Crippen LogP contribution in [0, 0.1) is 17.0 Å². The van der Waals surface area contributed by atoms with Gasteiger partial charge >= 0.3 is 0 Å². The first-order valence-corrected chi connectivity index (χ1v) is 6.25. The predicted octanol–water partition coefficient (Wildman–Crippen LogP) is 0.784. The van der Waals surface area contributed by atoms with Crippen LogP contribution in [-0.2, 0) is 4.74 Å². The van der Waals surface area contributed by atoms with Crippen LogP contribution in [0.3, 0.4) is 0 Å². The highest BCUT2D eigenvalue weighted by molar-refractivity contribution is 5.98. The SMILES string of the molecule is Cc1cccc(C(=O)NCC2(O)CCOC2)c1[N+](=O)[O-]. The van der Waals surface area contributed by atoms with Crippen molar-refractivity contribution in [3.63, 3.8) is 0 Å². The van der Waals surface area contributed by atoms with E-state index in [1.807, 2.05) is 0 Å². The van der Waals surface area contributed by atoms with Gasteiger partial charge in [0.15, 0.2) is 0 Å². The molecule has 2 rings (SSSR count). The highest BCUT2D eigenvalue weighted by Gasteiger charge is 2.33. The minimum absolute atomic E-state index is 0.00230. The zero-order valence-electron chi connectivity index (χ0n) is 11.1. The van der Waals surface area contributed by atoms with Gasteiger partial charge < -0.3 is 15.2 Å². The third-order valence-electron chi connectivity index (χ3n) is 3.33. The lowest BCUT2D eigenvalue weighted by molar-refractivity contribution is -0.385. The Hall–Kier alpha value is -1.99. The Morgan fingerprint density at radius 1 is 1.60 bits per heavy atom. The Bertz CT molecular complexity index is 538. The summed E-state index contributed by atoms with van der Waals surface area (Å²) in [6.07, 6.45) is 0.434. The van der Waals surface area contributed by atoms with Gasteiger partial charge in [-0.05, 0) is 13.0 Å². The molecule has 1 aliphatic rings. The van der Waals surface area contributed by atoms with Gasteiger partial charge in [0, 0.05) is 25.1 Å². The Kier molecular flexibility index (Phi) is 4.01. The van der Waals surface area contributed by atoms with Crippen LogP contribution in [0.1, 0.15) is 22.3 Å². The number of hydrogen-bond acceptors (Lipinski definition) is 5. The molecule has 1 fully saturated rings. The fraction of sp³-hybridized carbons (Fsp3) is 0.462. The minimum Gasteiger partial charge on any atom is -0.386 e. The lowest BCUT2D eigenvalue weighted by atomic mass is 10.0. The second kappa shape index (κ2) is 5.56. The largest absolute Gasteiger partial charge is 0.386 e. The molecule has 0 saturated carbocycles. The van der Waals surface area contributed by atoms with E-state index in [4.69, 9.17) is 4.74 Å². The van der Waals surface area contributed by atoms with Crippen LogP contribution in [0.15, 0.2) is 18.2 Å². The summed E-state index contributed by atoms with van der Waals surface area (Å²) in [6.45, 7) is 2.18.